The summed E-state index contributed by atoms with van der Waals surface area (Å²) in [5, 5.41) is 0. The lowest BCUT2D eigenvalue weighted by atomic mass is 9.73. The lowest BCUT2D eigenvalue weighted by Gasteiger charge is -2.32. The number of benzene rings is 1. The first-order valence-corrected chi connectivity index (χ1v) is 28.9. The van der Waals surface area contributed by atoms with Crippen LogP contribution in [0.15, 0.2) is 79.3 Å². The van der Waals surface area contributed by atoms with Gasteiger partial charge in [0, 0.05) is 0 Å². The predicted molar refractivity (Wildman–Crippen MR) is 317 cm³/mol. The molecule has 13 unspecified atom stereocenters. The number of ether oxygens (including phenoxy) is 6. The van der Waals surface area contributed by atoms with Crippen molar-refractivity contribution in [2.45, 2.75) is 216 Å². The molecule has 0 amide bonds. The Labute approximate surface area is 449 Å². The van der Waals surface area contributed by atoms with Crippen LogP contribution in [0.1, 0.15) is 197 Å². The number of hydrogen-bond donors (Lipinski definition) is 1. The molecule has 1 aromatic carbocycles. The molecular formula is C65H123NO6. The maximum Gasteiger partial charge on any atom is 0.119 e. The van der Waals surface area contributed by atoms with E-state index in [-0.39, 0.29) is 0 Å². The Hall–Kier alpha value is -2.58. The summed E-state index contributed by atoms with van der Waals surface area (Å²) in [6.45, 7) is 59.3. The normalized spacial score (nSPS) is 29.0. The maximum atomic E-state index is 5.40. The number of fused-ring (bicyclic) bond motifs is 4. The SMILES string of the molecule is C/C=C(\C)OCC1CO1.C=C/C=C(\C)OCC1CO1.C=CC.CC.CC.CC(C)(C)C.CC(C)(C)C.CCC1C2CC(C)C(C2)C1C.CCC1CC2CC1C(C)C2CC.CN.c1ccc(OCC2CO2)cc1. The highest BCUT2D eigenvalue weighted by atomic mass is 16.6. The molecule has 8 rings (SSSR count). The van der Waals surface area contributed by atoms with Gasteiger partial charge in [0.1, 0.15) is 43.9 Å². The van der Waals surface area contributed by atoms with E-state index in [0.29, 0.717) is 42.4 Å². The monoisotopic (exact) mass is 1010 g/mol. The predicted octanol–water partition coefficient (Wildman–Crippen LogP) is 18.2. The molecule has 424 valence electrons. The Morgan fingerprint density at radius 2 is 0.986 bits per heavy atom. The molecule has 7 heteroatoms. The third-order valence-corrected chi connectivity index (χ3v) is 13.3. The lowest BCUT2D eigenvalue weighted by molar-refractivity contribution is 0.168. The van der Waals surface area contributed by atoms with Gasteiger partial charge in [-0.2, -0.15) is 0 Å². The smallest absolute Gasteiger partial charge is 0.119 e. The van der Waals surface area contributed by atoms with Crippen molar-refractivity contribution in [1.29, 1.82) is 0 Å². The first-order valence-electron chi connectivity index (χ1n) is 28.9. The summed E-state index contributed by atoms with van der Waals surface area (Å²) in [7, 11) is 1.50. The summed E-state index contributed by atoms with van der Waals surface area (Å²) >= 11 is 0. The van der Waals surface area contributed by atoms with Crippen molar-refractivity contribution < 1.29 is 28.4 Å². The first kappa shape index (κ1) is 73.7. The van der Waals surface area contributed by atoms with Crippen LogP contribution in [0.25, 0.3) is 0 Å². The van der Waals surface area contributed by atoms with Crippen LogP contribution in [0.4, 0.5) is 0 Å². The van der Waals surface area contributed by atoms with Crippen LogP contribution in [0.5, 0.6) is 5.75 Å². The largest absolute Gasteiger partial charge is 0.496 e. The van der Waals surface area contributed by atoms with Gasteiger partial charge in [-0.05, 0) is 149 Å². The first-order chi connectivity index (χ1) is 34.0. The van der Waals surface area contributed by atoms with Crippen LogP contribution in [0.2, 0.25) is 0 Å². The van der Waals surface area contributed by atoms with E-state index in [1.807, 2.05) is 97.9 Å². The summed E-state index contributed by atoms with van der Waals surface area (Å²) in [5.74, 6) is 13.6. The topological polar surface area (TPSA) is 91.3 Å². The van der Waals surface area contributed by atoms with Crippen molar-refractivity contribution in [3.8, 4) is 5.75 Å². The highest BCUT2D eigenvalue weighted by Gasteiger charge is 2.49. The molecule has 0 spiro atoms. The number of nitrogens with two attached hydrogens (primary N) is 1. The minimum absolute atomic E-state index is 0.341. The molecule has 2 N–H and O–H groups in total. The van der Waals surface area contributed by atoms with Crippen molar-refractivity contribution in [2.24, 2.45) is 75.7 Å². The highest BCUT2D eigenvalue weighted by molar-refractivity contribution is 5.21. The molecule has 3 aliphatic heterocycles. The second-order valence-electron chi connectivity index (χ2n) is 23.2. The second-order valence-corrected chi connectivity index (χ2v) is 23.2. The zero-order chi connectivity index (χ0) is 56.0. The van der Waals surface area contributed by atoms with Gasteiger partial charge in [-0.25, -0.2) is 0 Å². The molecule has 7 fully saturated rings. The van der Waals surface area contributed by atoms with E-state index in [1.54, 1.807) is 31.4 Å². The fourth-order valence-electron chi connectivity index (χ4n) is 9.93. The van der Waals surface area contributed by atoms with E-state index in [9.17, 15) is 0 Å². The van der Waals surface area contributed by atoms with Crippen molar-refractivity contribution in [1.82, 2.24) is 0 Å². The molecule has 1 aromatic rings. The molecule has 0 aromatic heterocycles. The average molecular weight is 1010 g/mol. The fourth-order valence-corrected chi connectivity index (χ4v) is 9.93. The maximum absolute atomic E-state index is 5.40. The van der Waals surface area contributed by atoms with Crippen molar-refractivity contribution in [2.75, 3.05) is 46.7 Å². The molecule has 3 heterocycles. The Kier molecular flexibility index (Phi) is 43.6. The van der Waals surface area contributed by atoms with Crippen LogP contribution in [0.3, 0.4) is 0 Å². The van der Waals surface area contributed by atoms with Gasteiger partial charge in [-0.1, -0.05) is 187 Å². The third kappa shape index (κ3) is 38.0. The third-order valence-electron chi connectivity index (χ3n) is 13.3. The van der Waals surface area contributed by atoms with Crippen LogP contribution in [-0.2, 0) is 23.7 Å². The molecule has 4 saturated carbocycles. The summed E-state index contributed by atoms with van der Waals surface area (Å²) in [6, 6.07) is 9.79. The Morgan fingerprint density at radius 3 is 1.32 bits per heavy atom. The van der Waals surface area contributed by atoms with Gasteiger partial charge in [0.2, 0.25) is 0 Å². The van der Waals surface area contributed by atoms with Crippen molar-refractivity contribution in [3.63, 3.8) is 0 Å². The van der Waals surface area contributed by atoms with Gasteiger partial charge in [0.25, 0.3) is 0 Å². The average Bonchev–Trinajstić information content (AvgIpc) is 4.31. The Morgan fingerprint density at radius 1 is 0.611 bits per heavy atom. The fraction of sp³-hybridized carbons (Fsp3) is 0.785. The summed E-state index contributed by atoms with van der Waals surface area (Å²) in [6.07, 6.45) is 18.8. The lowest BCUT2D eigenvalue weighted by Crippen LogP contribution is -2.25. The van der Waals surface area contributed by atoms with Gasteiger partial charge in [0.05, 0.1) is 31.3 Å². The minimum Gasteiger partial charge on any atom is -0.496 e. The molecule has 7 nitrogen and oxygen atoms in total. The van der Waals surface area contributed by atoms with Crippen LogP contribution >= 0.6 is 0 Å². The number of para-hydroxylation sites is 1. The molecule has 72 heavy (non-hydrogen) atoms. The van der Waals surface area contributed by atoms with Gasteiger partial charge < -0.3 is 34.2 Å². The summed E-state index contributed by atoms with van der Waals surface area (Å²) < 4.78 is 30.8. The quantitative estimate of drug-likeness (QED) is 0.0911. The zero-order valence-corrected chi connectivity index (χ0v) is 51.8. The Bertz CT molecular complexity index is 1430. The van der Waals surface area contributed by atoms with Crippen molar-refractivity contribution in [3.05, 3.63) is 79.3 Å². The molecule has 13 atom stereocenters. The summed E-state index contributed by atoms with van der Waals surface area (Å²) in [5.41, 5.74) is 5.50. The van der Waals surface area contributed by atoms with E-state index < -0.39 is 0 Å². The van der Waals surface area contributed by atoms with Gasteiger partial charge in [-0.3, -0.25) is 0 Å². The standard InChI is InChI=1S/C12H22.C11H20.C9H10O2.C8H12O2.C7H12O2.2C5H12.C3H6.2C2H6.CH5N/c1-4-9-6-10-7-12(9)8(3)11(10)5-2;1-4-10-8(3)11-6-9(10)5-7(11)2;1-2-4-8(5-3-1)10-6-9-7-11-9;1-3-4-7(2)9-5-8-6-10-8;1-3-6(2)8-4-7-5-9-7;2*1-5(2,3)4;1-3-2;3*1-2/h8-12H,4-7H2,1-3H3;7-11H,4-6H2,1-3H3;1-5,9H,6-7H2;3-4,8H,1,5-6H2,2H3;3,7H,4-5H2,1-2H3;2*1-4H3;3H,1H2,2H3;2*1-2H3;2H2,1H3/b;;;7-4+;6-3+;;;;;;. The number of allylic oxidation sites excluding steroid dienone is 6. The van der Waals surface area contributed by atoms with Gasteiger partial charge in [0.15, 0.2) is 0 Å². The van der Waals surface area contributed by atoms with Crippen LogP contribution in [-0.4, -0.2) is 65.0 Å². The van der Waals surface area contributed by atoms with Gasteiger partial charge >= 0.3 is 0 Å². The number of hydrogen-bond acceptors (Lipinski definition) is 7. The molecular weight excluding hydrogens is 891 g/mol. The minimum atomic E-state index is 0.341. The molecule has 7 aliphatic rings. The zero-order valence-electron chi connectivity index (χ0n) is 51.8. The number of epoxide rings is 3. The Balaban J connectivity index is -0.000000763. The van der Waals surface area contributed by atoms with Gasteiger partial charge in [-0.15, -0.1) is 6.58 Å². The van der Waals surface area contributed by atoms with E-state index in [2.05, 4.69) is 116 Å². The molecule has 4 bridgehead atoms. The van der Waals surface area contributed by atoms with Crippen molar-refractivity contribution >= 4 is 0 Å². The number of rotatable bonds is 13. The van der Waals surface area contributed by atoms with E-state index in [1.165, 1.54) is 32.7 Å². The molecule has 4 aliphatic carbocycles. The summed E-state index contributed by atoms with van der Waals surface area (Å²) in [4.78, 5) is 0. The molecule has 3 saturated heterocycles. The molecule has 0 radical (unpaired) electrons. The van der Waals surface area contributed by atoms with E-state index in [0.717, 1.165) is 103 Å². The van der Waals surface area contributed by atoms with E-state index >= 15 is 0 Å². The van der Waals surface area contributed by atoms with Crippen LogP contribution in [0, 0.1) is 70.0 Å². The van der Waals surface area contributed by atoms with Crippen LogP contribution < -0.4 is 10.5 Å². The highest BCUT2D eigenvalue weighted by Crippen LogP contribution is 2.57. The van der Waals surface area contributed by atoms with E-state index in [4.69, 9.17) is 28.4 Å². The second kappa shape index (κ2) is 42.6.